The Morgan fingerprint density at radius 3 is 2.89 bits per heavy atom. The van der Waals surface area contributed by atoms with E-state index in [1.807, 2.05) is 18.2 Å². The van der Waals surface area contributed by atoms with Gasteiger partial charge in [0.25, 0.3) is 0 Å². The number of carbonyl (C=O) groups excluding carboxylic acids is 1. The molecular formula is C7H6MnO. The van der Waals surface area contributed by atoms with Crippen molar-refractivity contribution < 1.29 is 21.9 Å². The maximum atomic E-state index is 9.71. The molecule has 9 heavy (non-hydrogen) atoms. The third kappa shape index (κ3) is 2.48. The molecule has 47 valence electrons. The van der Waals surface area contributed by atoms with E-state index >= 15 is 0 Å². The summed E-state index contributed by atoms with van der Waals surface area (Å²) in [6.45, 7) is 0. The van der Waals surface area contributed by atoms with Crippen molar-refractivity contribution in [1.82, 2.24) is 0 Å². The van der Waals surface area contributed by atoms with Gasteiger partial charge in [-0.25, -0.2) is 4.79 Å². The summed E-state index contributed by atoms with van der Waals surface area (Å²) in [6, 6.07) is 0. The summed E-state index contributed by atoms with van der Waals surface area (Å²) in [4.78, 5) is 9.71. The number of allylic oxidation sites excluding steroid dienone is 5. The Labute approximate surface area is 64.6 Å². The van der Waals surface area contributed by atoms with E-state index in [-0.39, 0.29) is 17.1 Å². The molecule has 0 unspecified atom stereocenters. The van der Waals surface area contributed by atoms with Gasteiger partial charge in [0.2, 0.25) is 0 Å². The summed E-state index contributed by atoms with van der Waals surface area (Å²) in [5.74, 6) is 1.73. The molecule has 0 aromatic carbocycles. The summed E-state index contributed by atoms with van der Waals surface area (Å²) in [5.41, 5.74) is 1.04. The first-order valence-corrected chi connectivity index (χ1v) is 2.50. The zero-order valence-electron chi connectivity index (χ0n) is 4.80. The standard InChI is InChI=1S/C7H6O.Mn/c8-6-5-7-3-1-2-4-7;/h1-3,5H,4H2;. The number of hydrogen-bond acceptors (Lipinski definition) is 1. The fourth-order valence-corrected chi connectivity index (χ4v) is 0.647. The van der Waals surface area contributed by atoms with Gasteiger partial charge in [-0.05, 0) is 12.0 Å². The minimum absolute atomic E-state index is 0. The van der Waals surface area contributed by atoms with Crippen LogP contribution >= 0.6 is 0 Å². The van der Waals surface area contributed by atoms with Crippen LogP contribution in [0.1, 0.15) is 6.42 Å². The molecule has 0 amide bonds. The topological polar surface area (TPSA) is 17.1 Å². The summed E-state index contributed by atoms with van der Waals surface area (Å²) < 4.78 is 0. The maximum Gasteiger partial charge on any atom is 0.124 e. The van der Waals surface area contributed by atoms with Gasteiger partial charge in [-0.15, -0.1) is 0 Å². The Balaban J connectivity index is 0.000000640. The van der Waals surface area contributed by atoms with Gasteiger partial charge >= 0.3 is 0 Å². The summed E-state index contributed by atoms with van der Waals surface area (Å²) in [5, 5.41) is 0. The molecule has 0 saturated carbocycles. The van der Waals surface area contributed by atoms with Crippen molar-refractivity contribution in [2.75, 3.05) is 0 Å². The van der Waals surface area contributed by atoms with Gasteiger partial charge < -0.3 is 0 Å². The molecule has 1 nitrogen and oxygen atoms in total. The molecule has 1 radical (unpaired) electrons. The van der Waals surface area contributed by atoms with Crippen LogP contribution in [-0.2, 0) is 21.9 Å². The van der Waals surface area contributed by atoms with Crippen molar-refractivity contribution in [3.63, 3.8) is 0 Å². The van der Waals surface area contributed by atoms with Gasteiger partial charge in [-0.2, -0.15) is 0 Å². The van der Waals surface area contributed by atoms with E-state index in [1.54, 1.807) is 5.94 Å². The predicted octanol–water partition coefficient (Wildman–Crippen LogP) is 1.26. The number of rotatable bonds is 1. The van der Waals surface area contributed by atoms with E-state index in [2.05, 4.69) is 0 Å². The molecule has 0 N–H and O–H groups in total. The second kappa shape index (κ2) is 4.34. The first kappa shape index (κ1) is 8.45. The molecule has 0 aliphatic heterocycles. The van der Waals surface area contributed by atoms with Crippen LogP contribution in [0.4, 0.5) is 0 Å². The third-order valence-corrected chi connectivity index (χ3v) is 1.04. The first-order valence-electron chi connectivity index (χ1n) is 2.50. The molecule has 0 atom stereocenters. The molecule has 1 aliphatic rings. The van der Waals surface area contributed by atoms with Crippen molar-refractivity contribution in [2.45, 2.75) is 6.42 Å². The van der Waals surface area contributed by atoms with Gasteiger partial charge in [0.05, 0.1) is 0 Å². The molecule has 1 rings (SSSR count). The van der Waals surface area contributed by atoms with Crippen LogP contribution in [0.3, 0.4) is 0 Å². The van der Waals surface area contributed by atoms with Crippen LogP contribution < -0.4 is 0 Å². The molecule has 0 aromatic rings. The Morgan fingerprint density at radius 1 is 1.67 bits per heavy atom. The first-order chi connectivity index (χ1) is 3.93. The van der Waals surface area contributed by atoms with Crippen LogP contribution in [0.15, 0.2) is 29.9 Å². The summed E-state index contributed by atoms with van der Waals surface area (Å²) >= 11 is 0. The van der Waals surface area contributed by atoms with E-state index in [0.717, 1.165) is 12.0 Å². The van der Waals surface area contributed by atoms with Crippen LogP contribution in [-0.4, -0.2) is 5.94 Å². The fourth-order valence-electron chi connectivity index (χ4n) is 0.647. The molecule has 0 bridgehead atoms. The molecule has 0 fully saturated rings. The molecular weight excluding hydrogens is 155 g/mol. The third-order valence-electron chi connectivity index (χ3n) is 1.04. The van der Waals surface area contributed by atoms with Gasteiger partial charge in [-0.3, -0.25) is 0 Å². The van der Waals surface area contributed by atoms with Crippen molar-refractivity contribution in [1.29, 1.82) is 0 Å². The van der Waals surface area contributed by atoms with Crippen LogP contribution in [0.25, 0.3) is 0 Å². The van der Waals surface area contributed by atoms with Crippen molar-refractivity contribution in [2.24, 2.45) is 0 Å². The Kier molecular flexibility index (Phi) is 4.07. The molecule has 0 aromatic heterocycles. The normalized spacial score (nSPS) is 13.6. The average Bonchev–Trinajstić information content (AvgIpc) is 2.19. The largest absolute Gasteiger partial charge is 0.233 e. The van der Waals surface area contributed by atoms with Crippen LogP contribution in [0.5, 0.6) is 0 Å². The molecule has 2 heteroatoms. The SMILES string of the molecule is O=C=CC1=CC=CC1.[Mn]. The second-order valence-electron chi connectivity index (χ2n) is 1.64. The zero-order chi connectivity index (χ0) is 5.82. The minimum Gasteiger partial charge on any atom is -0.233 e. The van der Waals surface area contributed by atoms with Crippen LogP contribution in [0, 0.1) is 0 Å². The fraction of sp³-hybridized carbons (Fsp3) is 0.143. The summed E-state index contributed by atoms with van der Waals surface area (Å²) in [7, 11) is 0. The van der Waals surface area contributed by atoms with Gasteiger partial charge in [0, 0.05) is 23.1 Å². The smallest absolute Gasteiger partial charge is 0.124 e. The monoisotopic (exact) mass is 161 g/mol. The summed E-state index contributed by atoms with van der Waals surface area (Å²) in [6.07, 6.45) is 8.19. The number of hydrogen-bond donors (Lipinski definition) is 0. The van der Waals surface area contributed by atoms with Crippen LogP contribution in [0.2, 0.25) is 0 Å². The zero-order valence-corrected chi connectivity index (χ0v) is 5.98. The Bertz CT molecular complexity index is 185. The van der Waals surface area contributed by atoms with Crippen molar-refractivity contribution >= 4 is 5.94 Å². The van der Waals surface area contributed by atoms with Crippen molar-refractivity contribution in [3.8, 4) is 0 Å². The van der Waals surface area contributed by atoms with E-state index in [1.165, 1.54) is 6.08 Å². The van der Waals surface area contributed by atoms with Gasteiger partial charge in [0.1, 0.15) is 5.94 Å². The van der Waals surface area contributed by atoms with E-state index in [9.17, 15) is 4.79 Å². The maximum absolute atomic E-state index is 9.71. The Morgan fingerprint density at radius 2 is 2.44 bits per heavy atom. The average molecular weight is 161 g/mol. The quantitative estimate of drug-likeness (QED) is 0.418. The molecule has 0 heterocycles. The predicted molar refractivity (Wildman–Crippen MR) is 32.1 cm³/mol. The Hall–Kier alpha value is -0.551. The van der Waals surface area contributed by atoms with E-state index < -0.39 is 0 Å². The second-order valence-corrected chi connectivity index (χ2v) is 1.64. The molecule has 0 spiro atoms. The van der Waals surface area contributed by atoms with Gasteiger partial charge in [0.15, 0.2) is 0 Å². The molecule has 0 saturated heterocycles. The van der Waals surface area contributed by atoms with Crippen molar-refractivity contribution in [3.05, 3.63) is 29.9 Å². The van der Waals surface area contributed by atoms with Gasteiger partial charge in [-0.1, -0.05) is 18.2 Å². The van der Waals surface area contributed by atoms with E-state index in [0.29, 0.717) is 0 Å². The minimum atomic E-state index is 0. The molecule has 1 aliphatic carbocycles. The van der Waals surface area contributed by atoms with E-state index in [4.69, 9.17) is 0 Å².